The molecule has 0 saturated heterocycles. The molecule has 6 nitrogen and oxygen atoms in total. The van der Waals surface area contributed by atoms with E-state index in [1.54, 1.807) is 30.1 Å². The summed E-state index contributed by atoms with van der Waals surface area (Å²) in [5.41, 5.74) is 1.27. The first-order valence-corrected chi connectivity index (χ1v) is 12.7. The smallest absolute Gasteiger partial charge is 0.168 e. The Morgan fingerprint density at radius 2 is 2.19 bits per heavy atom. The number of aromatic nitrogens is 1. The second-order valence-electron chi connectivity index (χ2n) is 8.33. The van der Waals surface area contributed by atoms with Crippen LogP contribution >= 0.6 is 23.4 Å². The number of hydrogen-bond donors (Lipinski definition) is 2. The van der Waals surface area contributed by atoms with E-state index in [-0.39, 0.29) is 23.4 Å². The lowest BCUT2D eigenvalue weighted by Gasteiger charge is -2.25. The normalized spacial score (nSPS) is 21.9. The zero-order valence-electron chi connectivity index (χ0n) is 18.1. The van der Waals surface area contributed by atoms with Crippen LogP contribution in [0, 0.1) is 11.8 Å². The SMILES string of the molecule is CCCC(ON=C(C1=C(O)CC(CCSC)CC1=O)C1CC1)C(O)c1cc(Cl)ccn1. The fourth-order valence-corrected chi connectivity index (χ4v) is 4.62. The number of pyridine rings is 1. The number of allylic oxidation sites excluding steroid dienone is 2. The molecule has 0 spiro atoms. The molecule has 0 aliphatic heterocycles. The van der Waals surface area contributed by atoms with Gasteiger partial charge in [-0.3, -0.25) is 9.78 Å². The Hall–Kier alpha value is -1.57. The van der Waals surface area contributed by atoms with Crippen LogP contribution in [0.5, 0.6) is 0 Å². The van der Waals surface area contributed by atoms with Crippen molar-refractivity contribution in [2.45, 2.75) is 64.1 Å². The van der Waals surface area contributed by atoms with E-state index in [0.717, 1.165) is 31.4 Å². The maximum Gasteiger partial charge on any atom is 0.168 e. The fourth-order valence-electron chi connectivity index (χ4n) is 3.88. The number of oxime groups is 1. The van der Waals surface area contributed by atoms with Crippen molar-refractivity contribution in [2.24, 2.45) is 17.0 Å². The van der Waals surface area contributed by atoms with Crippen molar-refractivity contribution < 1.29 is 19.8 Å². The molecule has 3 unspecified atom stereocenters. The first-order valence-electron chi connectivity index (χ1n) is 10.9. The van der Waals surface area contributed by atoms with Gasteiger partial charge in [-0.05, 0) is 55.7 Å². The van der Waals surface area contributed by atoms with E-state index in [1.807, 2.05) is 13.2 Å². The zero-order valence-corrected chi connectivity index (χ0v) is 19.7. The van der Waals surface area contributed by atoms with Gasteiger partial charge >= 0.3 is 0 Å². The molecule has 1 aromatic heterocycles. The second-order valence-corrected chi connectivity index (χ2v) is 9.75. The Kier molecular flexibility index (Phi) is 8.81. The quantitative estimate of drug-likeness (QED) is 0.341. The van der Waals surface area contributed by atoms with Gasteiger partial charge in [0.25, 0.3) is 0 Å². The predicted octanol–water partition coefficient (Wildman–Crippen LogP) is 5.26. The van der Waals surface area contributed by atoms with Gasteiger partial charge in [0, 0.05) is 30.0 Å². The highest BCUT2D eigenvalue weighted by Gasteiger charge is 2.38. The van der Waals surface area contributed by atoms with E-state index in [2.05, 4.69) is 10.1 Å². The third kappa shape index (κ3) is 6.46. The highest BCUT2D eigenvalue weighted by Crippen LogP contribution is 2.38. The number of carbonyl (C=O) groups is 1. The minimum Gasteiger partial charge on any atom is -0.511 e. The van der Waals surface area contributed by atoms with Gasteiger partial charge in [0.1, 0.15) is 11.9 Å². The standard InChI is InChI=1S/C23H31ClN2O4S/c1-3-4-20(23(29)17-13-16(24)7-9-25-17)30-26-22(15-5-6-15)21-18(27)11-14(8-10-31-2)12-19(21)28/h7,9,13-15,20,23,27,29H,3-6,8,10-12H2,1-2H3. The molecule has 1 aromatic rings. The molecule has 31 heavy (non-hydrogen) atoms. The molecule has 1 heterocycles. The lowest BCUT2D eigenvalue weighted by atomic mass is 9.83. The Morgan fingerprint density at radius 1 is 1.42 bits per heavy atom. The molecule has 3 atom stereocenters. The van der Waals surface area contributed by atoms with E-state index < -0.39 is 12.2 Å². The molecule has 0 radical (unpaired) electrons. The van der Waals surface area contributed by atoms with E-state index in [0.29, 0.717) is 41.3 Å². The van der Waals surface area contributed by atoms with Crippen molar-refractivity contribution in [3.8, 4) is 0 Å². The van der Waals surface area contributed by atoms with Crippen molar-refractivity contribution >= 4 is 34.9 Å². The first-order chi connectivity index (χ1) is 14.9. The lowest BCUT2D eigenvalue weighted by molar-refractivity contribution is -0.116. The van der Waals surface area contributed by atoms with Crippen LogP contribution in [-0.2, 0) is 9.63 Å². The third-order valence-corrected chi connectivity index (χ3v) is 6.61. The number of Topliss-reactive ketones (excluding diaryl/α,β-unsaturated/α-hetero) is 1. The predicted molar refractivity (Wildman–Crippen MR) is 125 cm³/mol. The van der Waals surface area contributed by atoms with Crippen molar-refractivity contribution in [1.82, 2.24) is 4.98 Å². The largest absolute Gasteiger partial charge is 0.511 e. The number of carbonyl (C=O) groups excluding carboxylic acids is 1. The summed E-state index contributed by atoms with van der Waals surface area (Å²) >= 11 is 7.78. The van der Waals surface area contributed by atoms with Gasteiger partial charge in [0.2, 0.25) is 0 Å². The summed E-state index contributed by atoms with van der Waals surface area (Å²) in [5, 5.41) is 26.3. The molecule has 2 aliphatic carbocycles. The van der Waals surface area contributed by atoms with E-state index in [9.17, 15) is 15.0 Å². The number of nitrogens with zero attached hydrogens (tertiary/aromatic N) is 2. The Bertz CT molecular complexity index is 841. The molecule has 2 aliphatic rings. The summed E-state index contributed by atoms with van der Waals surface area (Å²) in [5.74, 6) is 1.33. The average molecular weight is 467 g/mol. The minimum absolute atomic E-state index is 0.0619. The number of thioether (sulfide) groups is 1. The van der Waals surface area contributed by atoms with Gasteiger partial charge in [-0.1, -0.05) is 30.1 Å². The van der Waals surface area contributed by atoms with E-state index in [4.69, 9.17) is 16.4 Å². The minimum atomic E-state index is -0.997. The molecular weight excluding hydrogens is 436 g/mol. The number of aliphatic hydroxyl groups is 2. The monoisotopic (exact) mass is 466 g/mol. The Balaban J connectivity index is 1.80. The van der Waals surface area contributed by atoms with Crippen molar-refractivity contribution in [3.63, 3.8) is 0 Å². The van der Waals surface area contributed by atoms with Gasteiger partial charge < -0.3 is 15.1 Å². The second kappa shape index (κ2) is 11.3. The van der Waals surface area contributed by atoms with Gasteiger partial charge in [-0.15, -0.1) is 0 Å². The van der Waals surface area contributed by atoms with Crippen LogP contribution in [0.15, 0.2) is 34.8 Å². The van der Waals surface area contributed by atoms with Crippen LogP contribution in [0.1, 0.15) is 63.7 Å². The molecule has 1 fully saturated rings. The Morgan fingerprint density at radius 3 is 2.81 bits per heavy atom. The van der Waals surface area contributed by atoms with Crippen LogP contribution in [0.25, 0.3) is 0 Å². The van der Waals surface area contributed by atoms with Gasteiger partial charge in [0.05, 0.1) is 17.0 Å². The van der Waals surface area contributed by atoms with Crippen LogP contribution in [0.2, 0.25) is 5.02 Å². The highest BCUT2D eigenvalue weighted by atomic mass is 35.5. The van der Waals surface area contributed by atoms with Gasteiger partial charge in [-0.2, -0.15) is 11.8 Å². The summed E-state index contributed by atoms with van der Waals surface area (Å²) in [4.78, 5) is 22.9. The number of rotatable bonds is 11. The highest BCUT2D eigenvalue weighted by molar-refractivity contribution is 7.98. The van der Waals surface area contributed by atoms with Crippen LogP contribution in [-0.4, -0.2) is 44.8 Å². The number of aliphatic hydroxyl groups excluding tert-OH is 2. The topological polar surface area (TPSA) is 92.0 Å². The average Bonchev–Trinajstić information content (AvgIpc) is 3.57. The number of hydrogen-bond acceptors (Lipinski definition) is 7. The summed E-state index contributed by atoms with van der Waals surface area (Å²) in [6, 6.07) is 3.25. The molecular formula is C23H31ClN2O4S. The van der Waals surface area contributed by atoms with Gasteiger partial charge in [0.15, 0.2) is 11.9 Å². The molecule has 1 saturated carbocycles. The molecule has 0 bridgehead atoms. The van der Waals surface area contributed by atoms with Crippen LogP contribution in [0.4, 0.5) is 0 Å². The summed E-state index contributed by atoms with van der Waals surface area (Å²) in [6.07, 6.45) is 6.98. The van der Waals surface area contributed by atoms with Crippen LogP contribution < -0.4 is 0 Å². The summed E-state index contributed by atoms with van der Waals surface area (Å²) < 4.78 is 0. The molecule has 0 aromatic carbocycles. The summed E-state index contributed by atoms with van der Waals surface area (Å²) in [6.45, 7) is 1.99. The van der Waals surface area contributed by atoms with Gasteiger partial charge in [-0.25, -0.2) is 0 Å². The van der Waals surface area contributed by atoms with E-state index in [1.165, 1.54) is 0 Å². The maximum atomic E-state index is 12.9. The molecule has 170 valence electrons. The zero-order chi connectivity index (χ0) is 22.4. The summed E-state index contributed by atoms with van der Waals surface area (Å²) in [7, 11) is 0. The van der Waals surface area contributed by atoms with Crippen molar-refractivity contribution in [3.05, 3.63) is 40.4 Å². The van der Waals surface area contributed by atoms with E-state index >= 15 is 0 Å². The molecule has 2 N–H and O–H groups in total. The fraction of sp³-hybridized carbons (Fsp3) is 0.609. The molecule has 0 amide bonds. The molecule has 3 rings (SSSR count). The van der Waals surface area contributed by atoms with Crippen molar-refractivity contribution in [2.75, 3.05) is 12.0 Å². The van der Waals surface area contributed by atoms with Crippen molar-refractivity contribution in [1.29, 1.82) is 0 Å². The lowest BCUT2D eigenvalue weighted by Crippen LogP contribution is -2.27. The Labute approximate surface area is 193 Å². The maximum absolute atomic E-state index is 12.9. The molecule has 8 heteroatoms. The first kappa shape index (κ1) is 24.1. The number of halogens is 1. The number of ketones is 1. The third-order valence-electron chi connectivity index (χ3n) is 5.73. The van der Waals surface area contributed by atoms with Crippen LogP contribution in [0.3, 0.4) is 0 Å².